The Morgan fingerprint density at radius 2 is 1.91 bits per heavy atom. The van der Waals surface area contributed by atoms with E-state index in [2.05, 4.69) is 0 Å². The SMILES string of the molecule is CC1(C)CN(S(=O)(=O)c2ccc(C(=O)O)cc2Cl)C1C(=O)O. The largest absolute Gasteiger partial charge is 0.480 e. The van der Waals surface area contributed by atoms with Gasteiger partial charge in [-0.05, 0) is 18.2 Å². The van der Waals surface area contributed by atoms with Crippen LogP contribution >= 0.6 is 11.6 Å². The summed E-state index contributed by atoms with van der Waals surface area (Å²) in [6.07, 6.45) is 0. The van der Waals surface area contributed by atoms with Crippen molar-refractivity contribution >= 4 is 33.6 Å². The van der Waals surface area contributed by atoms with E-state index in [-0.39, 0.29) is 22.0 Å². The number of aromatic carboxylic acids is 1. The molecule has 1 atom stereocenters. The molecule has 2 N–H and O–H groups in total. The zero-order valence-electron chi connectivity index (χ0n) is 11.8. The second-order valence-electron chi connectivity index (χ2n) is 5.73. The van der Waals surface area contributed by atoms with E-state index < -0.39 is 33.4 Å². The van der Waals surface area contributed by atoms with Gasteiger partial charge in [0.25, 0.3) is 0 Å². The van der Waals surface area contributed by atoms with Crippen molar-refractivity contribution in [1.82, 2.24) is 4.31 Å². The number of hydrogen-bond donors (Lipinski definition) is 2. The molecule has 0 aliphatic carbocycles. The number of benzene rings is 1. The number of carboxylic acids is 2. The van der Waals surface area contributed by atoms with Crippen molar-refractivity contribution in [1.29, 1.82) is 0 Å². The highest BCUT2D eigenvalue weighted by atomic mass is 35.5. The molecule has 1 saturated heterocycles. The third-order valence-corrected chi connectivity index (χ3v) is 5.88. The Morgan fingerprint density at radius 1 is 1.32 bits per heavy atom. The zero-order valence-corrected chi connectivity index (χ0v) is 13.3. The monoisotopic (exact) mass is 347 g/mol. The predicted molar refractivity (Wildman–Crippen MR) is 77.5 cm³/mol. The van der Waals surface area contributed by atoms with Gasteiger partial charge in [-0.3, -0.25) is 4.79 Å². The van der Waals surface area contributed by atoms with Crippen LogP contribution in [-0.2, 0) is 14.8 Å². The van der Waals surface area contributed by atoms with Crippen LogP contribution in [0.4, 0.5) is 0 Å². The molecule has 2 rings (SSSR count). The van der Waals surface area contributed by atoms with Crippen molar-refractivity contribution in [3.05, 3.63) is 28.8 Å². The van der Waals surface area contributed by atoms with Crippen LogP contribution in [0.15, 0.2) is 23.1 Å². The first-order chi connectivity index (χ1) is 9.98. The number of halogens is 1. The molecule has 0 bridgehead atoms. The Morgan fingerprint density at radius 3 is 2.32 bits per heavy atom. The molecule has 0 aromatic heterocycles. The maximum absolute atomic E-state index is 12.5. The number of carbonyl (C=O) groups is 2. The van der Waals surface area contributed by atoms with Gasteiger partial charge in [0.1, 0.15) is 10.9 Å². The van der Waals surface area contributed by atoms with E-state index >= 15 is 0 Å². The maximum atomic E-state index is 12.5. The van der Waals surface area contributed by atoms with Gasteiger partial charge >= 0.3 is 11.9 Å². The second kappa shape index (κ2) is 5.22. The Labute approximate surface area is 132 Å². The zero-order chi connectivity index (χ0) is 16.9. The van der Waals surface area contributed by atoms with Gasteiger partial charge in [-0.1, -0.05) is 25.4 Å². The average molecular weight is 348 g/mol. The van der Waals surface area contributed by atoms with Gasteiger partial charge in [0.05, 0.1) is 10.6 Å². The van der Waals surface area contributed by atoms with Gasteiger partial charge < -0.3 is 10.2 Å². The van der Waals surface area contributed by atoms with Crippen molar-refractivity contribution in [3.8, 4) is 0 Å². The minimum absolute atomic E-state index is 0.0450. The van der Waals surface area contributed by atoms with Gasteiger partial charge in [0, 0.05) is 12.0 Å². The third-order valence-electron chi connectivity index (χ3n) is 3.59. The molecule has 0 radical (unpaired) electrons. The molecule has 1 aromatic carbocycles. The first-order valence-electron chi connectivity index (χ1n) is 6.26. The van der Waals surface area contributed by atoms with Gasteiger partial charge in [-0.25, -0.2) is 13.2 Å². The fraction of sp³-hybridized carbons (Fsp3) is 0.385. The van der Waals surface area contributed by atoms with Crippen LogP contribution in [0.25, 0.3) is 0 Å². The lowest BCUT2D eigenvalue weighted by Crippen LogP contribution is -2.66. The highest BCUT2D eigenvalue weighted by Crippen LogP contribution is 2.42. The average Bonchev–Trinajstić information content (AvgIpc) is 2.34. The molecular formula is C13H14ClNO6S. The fourth-order valence-corrected chi connectivity index (χ4v) is 4.93. The molecule has 22 heavy (non-hydrogen) atoms. The summed E-state index contributed by atoms with van der Waals surface area (Å²) < 4.78 is 26.0. The van der Waals surface area contributed by atoms with E-state index in [0.29, 0.717) is 0 Å². The Bertz CT molecular complexity index is 758. The number of nitrogens with zero attached hydrogens (tertiary/aromatic N) is 1. The fourth-order valence-electron chi connectivity index (χ4n) is 2.51. The quantitative estimate of drug-likeness (QED) is 0.854. The highest BCUT2D eigenvalue weighted by Gasteiger charge is 2.56. The smallest absolute Gasteiger partial charge is 0.335 e. The molecule has 0 saturated carbocycles. The van der Waals surface area contributed by atoms with Crippen LogP contribution in [0.2, 0.25) is 5.02 Å². The summed E-state index contributed by atoms with van der Waals surface area (Å²) in [5, 5.41) is 17.8. The topological polar surface area (TPSA) is 112 Å². The van der Waals surface area contributed by atoms with E-state index in [9.17, 15) is 23.1 Å². The molecule has 1 aliphatic heterocycles. The second-order valence-corrected chi connectivity index (χ2v) is 8.00. The van der Waals surface area contributed by atoms with E-state index in [1.165, 1.54) is 0 Å². The van der Waals surface area contributed by atoms with Crippen LogP contribution in [0, 0.1) is 5.41 Å². The summed E-state index contributed by atoms with van der Waals surface area (Å²) in [6.45, 7) is 3.36. The summed E-state index contributed by atoms with van der Waals surface area (Å²) in [4.78, 5) is 21.8. The van der Waals surface area contributed by atoms with Crippen molar-refractivity contribution in [2.24, 2.45) is 5.41 Å². The van der Waals surface area contributed by atoms with E-state index in [4.69, 9.17) is 16.7 Å². The molecule has 1 fully saturated rings. The molecule has 7 nitrogen and oxygen atoms in total. The van der Waals surface area contributed by atoms with E-state index in [1.807, 2.05) is 0 Å². The molecular weight excluding hydrogens is 334 g/mol. The lowest BCUT2D eigenvalue weighted by Gasteiger charge is -2.50. The minimum atomic E-state index is -4.11. The Kier molecular flexibility index (Phi) is 3.97. The highest BCUT2D eigenvalue weighted by molar-refractivity contribution is 7.89. The minimum Gasteiger partial charge on any atom is -0.480 e. The molecule has 120 valence electrons. The third kappa shape index (κ3) is 2.57. The maximum Gasteiger partial charge on any atom is 0.335 e. The predicted octanol–water partition coefficient (Wildman–Crippen LogP) is 1.52. The van der Waals surface area contributed by atoms with Gasteiger partial charge in [-0.2, -0.15) is 4.31 Å². The Balaban J connectivity index is 2.44. The molecule has 9 heteroatoms. The first kappa shape index (κ1) is 16.7. The van der Waals surface area contributed by atoms with Gasteiger partial charge in [0.15, 0.2) is 0 Å². The molecule has 1 unspecified atom stereocenters. The number of sulfonamides is 1. The number of aliphatic carboxylic acids is 1. The summed E-state index contributed by atoms with van der Waals surface area (Å²) in [6, 6.07) is 2.03. The molecule has 0 spiro atoms. The lowest BCUT2D eigenvalue weighted by atomic mass is 9.77. The summed E-state index contributed by atoms with van der Waals surface area (Å²) >= 11 is 5.86. The van der Waals surface area contributed by atoms with Crippen LogP contribution in [-0.4, -0.2) is 47.5 Å². The summed E-state index contributed by atoms with van der Waals surface area (Å²) in [5.41, 5.74) is -0.838. The lowest BCUT2D eigenvalue weighted by molar-refractivity contribution is -0.153. The van der Waals surface area contributed by atoms with Crippen LogP contribution < -0.4 is 0 Å². The number of hydrogen-bond acceptors (Lipinski definition) is 4. The van der Waals surface area contributed by atoms with Crippen LogP contribution in [0.3, 0.4) is 0 Å². The van der Waals surface area contributed by atoms with E-state index in [0.717, 1.165) is 22.5 Å². The van der Waals surface area contributed by atoms with Crippen LogP contribution in [0.5, 0.6) is 0 Å². The normalized spacial score (nSPS) is 21.1. The van der Waals surface area contributed by atoms with Crippen LogP contribution in [0.1, 0.15) is 24.2 Å². The Hall–Kier alpha value is -1.64. The number of rotatable bonds is 4. The number of carboxylic acid groups (broad SMARTS) is 2. The van der Waals surface area contributed by atoms with Crippen molar-refractivity contribution in [2.45, 2.75) is 24.8 Å². The van der Waals surface area contributed by atoms with Crippen molar-refractivity contribution in [3.63, 3.8) is 0 Å². The molecule has 1 heterocycles. The van der Waals surface area contributed by atoms with E-state index in [1.54, 1.807) is 13.8 Å². The summed E-state index contributed by atoms with van der Waals surface area (Å²) in [7, 11) is -4.11. The standard InChI is InChI=1S/C13H14ClNO6S/c1-13(2)6-15(10(13)12(18)19)22(20,21)9-4-3-7(11(16)17)5-8(9)14/h3-5,10H,6H2,1-2H3,(H,16,17)(H,18,19). The van der Waals surface area contributed by atoms with Gasteiger partial charge in [0.2, 0.25) is 10.0 Å². The molecule has 1 aliphatic rings. The summed E-state index contributed by atoms with van der Waals surface area (Å²) in [5.74, 6) is -2.47. The molecule has 1 aromatic rings. The van der Waals surface area contributed by atoms with Crippen molar-refractivity contribution in [2.75, 3.05) is 6.54 Å². The molecule has 0 amide bonds. The van der Waals surface area contributed by atoms with Crippen molar-refractivity contribution < 1.29 is 28.2 Å². The van der Waals surface area contributed by atoms with Gasteiger partial charge in [-0.15, -0.1) is 0 Å². The first-order valence-corrected chi connectivity index (χ1v) is 8.08.